The average molecular weight is 354 g/mol. The Hall–Kier alpha value is -2.18. The summed E-state index contributed by atoms with van der Waals surface area (Å²) >= 11 is 0. The van der Waals surface area contributed by atoms with Gasteiger partial charge in [0.1, 0.15) is 5.82 Å². The number of amides is 1. The fourth-order valence-electron chi connectivity index (χ4n) is 4.15. The van der Waals surface area contributed by atoms with E-state index >= 15 is 0 Å². The zero-order valence-corrected chi connectivity index (χ0v) is 15.0. The number of nitrogens with zero attached hydrogens (tertiary/aromatic N) is 3. The van der Waals surface area contributed by atoms with Crippen LogP contribution in [0.5, 0.6) is 0 Å². The summed E-state index contributed by atoms with van der Waals surface area (Å²) in [7, 11) is 0. The Balaban J connectivity index is 1.38. The second kappa shape index (κ2) is 7.60. The van der Waals surface area contributed by atoms with Crippen LogP contribution in [-0.2, 0) is 0 Å². The smallest absolute Gasteiger partial charge is 0.253 e. The maximum absolute atomic E-state index is 12.9. The highest BCUT2D eigenvalue weighted by atomic mass is 16.3. The summed E-state index contributed by atoms with van der Waals surface area (Å²) in [6, 6.07) is 8.15. The number of benzene rings is 1. The van der Waals surface area contributed by atoms with Crippen LogP contribution in [0.2, 0.25) is 0 Å². The number of carbonyl (C=O) groups is 1. The number of carbonyl (C=O) groups excluding carboxylic acids is 1. The molecule has 4 rings (SSSR count). The number of hydrogen-bond acceptors (Lipinski definition) is 4. The van der Waals surface area contributed by atoms with Gasteiger partial charge >= 0.3 is 0 Å². The monoisotopic (exact) mass is 354 g/mol. The molecule has 2 saturated heterocycles. The minimum Gasteiger partial charge on any atom is -0.392 e. The van der Waals surface area contributed by atoms with Gasteiger partial charge in [-0.15, -0.1) is 0 Å². The minimum atomic E-state index is -0.187. The lowest BCUT2D eigenvalue weighted by Gasteiger charge is -2.41. The quantitative estimate of drug-likeness (QED) is 0.886. The van der Waals surface area contributed by atoms with Gasteiger partial charge in [0.2, 0.25) is 0 Å². The molecule has 2 aliphatic heterocycles. The van der Waals surface area contributed by atoms with Gasteiger partial charge in [-0.3, -0.25) is 9.69 Å². The highest BCUT2D eigenvalue weighted by Crippen LogP contribution is 2.23. The molecule has 0 aliphatic carbocycles. The zero-order valence-electron chi connectivity index (χ0n) is 15.0. The molecule has 1 amide bonds. The van der Waals surface area contributed by atoms with E-state index in [4.69, 9.17) is 0 Å². The maximum Gasteiger partial charge on any atom is 0.253 e. The number of likely N-dealkylation sites (tertiary alicyclic amines) is 2. The molecule has 0 bridgehead atoms. The van der Waals surface area contributed by atoms with Crippen molar-refractivity contribution in [1.82, 2.24) is 19.8 Å². The molecule has 0 saturated carbocycles. The lowest BCUT2D eigenvalue weighted by Crippen LogP contribution is -2.50. The Bertz CT molecular complexity index is 738. The average Bonchev–Trinajstić information content (AvgIpc) is 3.23. The third-order valence-corrected chi connectivity index (χ3v) is 5.58. The third-order valence-electron chi connectivity index (χ3n) is 5.58. The molecular weight excluding hydrogens is 328 g/mol. The van der Waals surface area contributed by atoms with Crippen molar-refractivity contribution in [3.8, 4) is 11.4 Å². The molecule has 2 fully saturated rings. The topological polar surface area (TPSA) is 72.5 Å². The Morgan fingerprint density at radius 3 is 2.77 bits per heavy atom. The first kappa shape index (κ1) is 17.2. The summed E-state index contributed by atoms with van der Waals surface area (Å²) in [5, 5.41) is 9.89. The zero-order chi connectivity index (χ0) is 17.9. The van der Waals surface area contributed by atoms with E-state index in [1.54, 1.807) is 12.4 Å². The molecule has 0 radical (unpaired) electrons. The van der Waals surface area contributed by atoms with Gasteiger partial charge in [0.05, 0.1) is 6.10 Å². The van der Waals surface area contributed by atoms with E-state index in [2.05, 4.69) is 14.9 Å². The lowest BCUT2D eigenvalue weighted by molar-refractivity contribution is 0.0241. The van der Waals surface area contributed by atoms with Crippen LogP contribution in [0.25, 0.3) is 11.4 Å². The number of imidazole rings is 1. The minimum absolute atomic E-state index is 0.0931. The molecule has 1 aromatic carbocycles. The molecule has 2 aromatic rings. The van der Waals surface area contributed by atoms with Crippen LogP contribution in [-0.4, -0.2) is 69.1 Å². The number of H-pyrrole nitrogens is 1. The van der Waals surface area contributed by atoms with Crippen LogP contribution < -0.4 is 0 Å². The van der Waals surface area contributed by atoms with Crippen LogP contribution >= 0.6 is 0 Å². The highest BCUT2D eigenvalue weighted by Gasteiger charge is 2.30. The Kier molecular flexibility index (Phi) is 5.04. The van der Waals surface area contributed by atoms with Crippen molar-refractivity contribution in [1.29, 1.82) is 0 Å². The van der Waals surface area contributed by atoms with Crippen LogP contribution in [0.3, 0.4) is 0 Å². The number of aliphatic hydroxyl groups is 1. The first-order valence-corrected chi connectivity index (χ1v) is 9.52. The molecule has 2 N–H and O–H groups in total. The molecule has 0 spiro atoms. The normalized spacial score (nSPS) is 22.5. The molecule has 26 heavy (non-hydrogen) atoms. The fourth-order valence-corrected chi connectivity index (χ4v) is 4.15. The standard InChI is InChI=1S/C20H26N4O2/c25-18-5-2-10-24(14-18)17-6-11-23(12-7-17)20(26)16-4-1-3-15(13-16)19-21-8-9-22-19/h1,3-4,8-9,13,17-18,25H,2,5-7,10-12,14H2,(H,21,22). The van der Waals surface area contributed by atoms with Gasteiger partial charge in [-0.05, 0) is 44.4 Å². The molecular formula is C20H26N4O2. The van der Waals surface area contributed by atoms with Gasteiger partial charge < -0.3 is 15.0 Å². The molecule has 3 heterocycles. The van der Waals surface area contributed by atoms with E-state index in [1.165, 1.54) is 0 Å². The van der Waals surface area contributed by atoms with Crippen molar-refractivity contribution in [3.05, 3.63) is 42.2 Å². The van der Waals surface area contributed by atoms with Gasteiger partial charge in [-0.25, -0.2) is 4.98 Å². The van der Waals surface area contributed by atoms with Crippen LogP contribution in [0.15, 0.2) is 36.7 Å². The van der Waals surface area contributed by atoms with Crippen molar-refractivity contribution >= 4 is 5.91 Å². The third kappa shape index (κ3) is 3.66. The summed E-state index contributed by atoms with van der Waals surface area (Å²) in [6.45, 7) is 3.41. The van der Waals surface area contributed by atoms with E-state index in [9.17, 15) is 9.90 Å². The van der Waals surface area contributed by atoms with Crippen molar-refractivity contribution in [2.24, 2.45) is 0 Å². The Labute approximate surface area is 153 Å². The number of aromatic amines is 1. The summed E-state index contributed by atoms with van der Waals surface area (Å²) in [5.41, 5.74) is 1.64. The van der Waals surface area contributed by atoms with Crippen molar-refractivity contribution in [3.63, 3.8) is 0 Å². The highest BCUT2D eigenvalue weighted by molar-refractivity contribution is 5.95. The lowest BCUT2D eigenvalue weighted by atomic mass is 9.98. The van der Waals surface area contributed by atoms with Crippen LogP contribution in [0.4, 0.5) is 0 Å². The second-order valence-corrected chi connectivity index (χ2v) is 7.33. The Morgan fingerprint density at radius 1 is 1.19 bits per heavy atom. The maximum atomic E-state index is 12.9. The molecule has 2 aliphatic rings. The molecule has 6 heteroatoms. The molecule has 1 aromatic heterocycles. The largest absolute Gasteiger partial charge is 0.392 e. The fraction of sp³-hybridized carbons (Fsp3) is 0.500. The number of aromatic nitrogens is 2. The molecule has 6 nitrogen and oxygen atoms in total. The van der Waals surface area contributed by atoms with Gasteiger partial charge in [0.25, 0.3) is 5.91 Å². The van der Waals surface area contributed by atoms with Gasteiger partial charge in [-0.2, -0.15) is 0 Å². The number of rotatable bonds is 3. The number of hydrogen-bond donors (Lipinski definition) is 2. The summed E-state index contributed by atoms with van der Waals surface area (Å²) < 4.78 is 0. The van der Waals surface area contributed by atoms with Gasteiger partial charge in [0, 0.05) is 49.2 Å². The SMILES string of the molecule is O=C(c1cccc(-c2ncc[nH]2)c1)N1CCC(N2CCCC(O)C2)CC1. The molecule has 1 unspecified atom stereocenters. The first-order chi connectivity index (χ1) is 12.7. The van der Waals surface area contributed by atoms with E-state index in [-0.39, 0.29) is 12.0 Å². The van der Waals surface area contributed by atoms with E-state index in [1.807, 2.05) is 29.2 Å². The van der Waals surface area contributed by atoms with E-state index in [0.717, 1.165) is 63.3 Å². The number of nitrogens with one attached hydrogen (secondary N) is 1. The summed E-state index contributed by atoms with van der Waals surface area (Å²) in [4.78, 5) is 24.6. The predicted octanol–water partition coefficient (Wildman–Crippen LogP) is 2.14. The summed E-state index contributed by atoms with van der Waals surface area (Å²) in [6.07, 6.45) is 7.26. The number of β-amino-alcohol motifs (C(OH)–C–C–N with tert-alkyl or cyclic N) is 1. The van der Waals surface area contributed by atoms with Crippen LogP contribution in [0.1, 0.15) is 36.0 Å². The number of aliphatic hydroxyl groups excluding tert-OH is 1. The molecule has 138 valence electrons. The van der Waals surface area contributed by atoms with Gasteiger partial charge in [-0.1, -0.05) is 12.1 Å². The van der Waals surface area contributed by atoms with Crippen molar-refractivity contribution in [2.45, 2.75) is 37.8 Å². The van der Waals surface area contributed by atoms with Crippen molar-refractivity contribution in [2.75, 3.05) is 26.2 Å². The second-order valence-electron chi connectivity index (χ2n) is 7.33. The molecule has 1 atom stereocenters. The summed E-state index contributed by atoms with van der Waals surface area (Å²) in [5.74, 6) is 0.873. The van der Waals surface area contributed by atoms with E-state index in [0.29, 0.717) is 11.6 Å². The first-order valence-electron chi connectivity index (χ1n) is 9.52. The van der Waals surface area contributed by atoms with Crippen LogP contribution in [0, 0.1) is 0 Å². The Morgan fingerprint density at radius 2 is 2.04 bits per heavy atom. The van der Waals surface area contributed by atoms with Gasteiger partial charge in [0.15, 0.2) is 0 Å². The predicted molar refractivity (Wildman–Crippen MR) is 99.8 cm³/mol. The van der Waals surface area contributed by atoms with E-state index < -0.39 is 0 Å². The number of piperidine rings is 2. The van der Waals surface area contributed by atoms with Crippen molar-refractivity contribution < 1.29 is 9.90 Å².